The third-order valence-electron chi connectivity index (χ3n) is 2.83. The van der Waals surface area contributed by atoms with E-state index in [0.29, 0.717) is 24.7 Å². The third-order valence-corrected chi connectivity index (χ3v) is 2.83. The molecule has 0 radical (unpaired) electrons. The quantitative estimate of drug-likeness (QED) is 0.851. The zero-order chi connectivity index (χ0) is 14.4. The van der Waals surface area contributed by atoms with Crippen molar-refractivity contribution in [3.63, 3.8) is 0 Å². The van der Waals surface area contributed by atoms with Crippen molar-refractivity contribution < 1.29 is 9.32 Å². The molecule has 21 heavy (non-hydrogen) atoms. The summed E-state index contributed by atoms with van der Waals surface area (Å²) >= 11 is 0. The van der Waals surface area contributed by atoms with Gasteiger partial charge in [-0.25, -0.2) is 0 Å². The highest BCUT2D eigenvalue weighted by atomic mass is 35.5. The minimum absolute atomic E-state index is 0. The SMILES string of the molecule is CCCC(=O)NCc1nc(-c2ccc(CN)cc2)no1.Cl. The average molecular weight is 311 g/mol. The normalized spacial score (nSPS) is 10.0. The first-order chi connectivity index (χ1) is 9.72. The second-order valence-electron chi connectivity index (χ2n) is 4.44. The van der Waals surface area contributed by atoms with Crippen LogP contribution in [-0.2, 0) is 17.9 Å². The van der Waals surface area contributed by atoms with E-state index in [1.807, 2.05) is 31.2 Å². The van der Waals surface area contributed by atoms with Gasteiger partial charge in [0.15, 0.2) is 0 Å². The molecular weight excluding hydrogens is 292 g/mol. The van der Waals surface area contributed by atoms with Crippen LogP contribution in [-0.4, -0.2) is 16.0 Å². The van der Waals surface area contributed by atoms with Crippen LogP contribution in [0.4, 0.5) is 0 Å². The predicted octanol–water partition coefficient (Wildman–Crippen LogP) is 2.03. The van der Waals surface area contributed by atoms with E-state index in [1.165, 1.54) is 0 Å². The maximum Gasteiger partial charge on any atom is 0.246 e. The summed E-state index contributed by atoms with van der Waals surface area (Å²) in [6.07, 6.45) is 1.32. The standard InChI is InChI=1S/C14H18N4O2.ClH/c1-2-3-12(19)16-9-13-17-14(18-20-13)11-6-4-10(8-15)5-7-11;/h4-7H,2-3,8-9,15H2,1H3,(H,16,19);1H. The Labute approximate surface area is 129 Å². The molecule has 7 heteroatoms. The lowest BCUT2D eigenvalue weighted by Crippen LogP contribution is -2.22. The summed E-state index contributed by atoms with van der Waals surface area (Å²) in [5, 5.41) is 6.63. The number of aromatic nitrogens is 2. The zero-order valence-corrected chi connectivity index (χ0v) is 12.7. The monoisotopic (exact) mass is 310 g/mol. The summed E-state index contributed by atoms with van der Waals surface area (Å²) in [6, 6.07) is 7.64. The summed E-state index contributed by atoms with van der Waals surface area (Å²) in [5.41, 5.74) is 7.45. The Kier molecular flexibility index (Phi) is 6.84. The summed E-state index contributed by atoms with van der Waals surface area (Å²) in [6.45, 7) is 2.71. The van der Waals surface area contributed by atoms with Crippen molar-refractivity contribution in [1.82, 2.24) is 15.5 Å². The highest BCUT2D eigenvalue weighted by Gasteiger charge is 2.09. The Morgan fingerprint density at radius 1 is 1.33 bits per heavy atom. The molecule has 0 saturated heterocycles. The fourth-order valence-corrected chi connectivity index (χ4v) is 1.72. The van der Waals surface area contributed by atoms with Gasteiger partial charge in [0.1, 0.15) is 0 Å². The van der Waals surface area contributed by atoms with Crippen LogP contribution in [0.3, 0.4) is 0 Å². The third kappa shape index (κ3) is 4.84. The first-order valence-corrected chi connectivity index (χ1v) is 6.61. The van der Waals surface area contributed by atoms with Crippen molar-refractivity contribution >= 4 is 18.3 Å². The number of nitrogens with zero attached hydrogens (tertiary/aromatic N) is 2. The number of carbonyl (C=O) groups excluding carboxylic acids is 1. The maximum absolute atomic E-state index is 11.4. The van der Waals surface area contributed by atoms with E-state index in [4.69, 9.17) is 10.3 Å². The van der Waals surface area contributed by atoms with E-state index in [2.05, 4.69) is 15.5 Å². The molecule has 1 amide bonds. The summed E-state index contributed by atoms with van der Waals surface area (Å²) in [4.78, 5) is 15.6. The molecule has 0 fully saturated rings. The van der Waals surface area contributed by atoms with Crippen LogP contribution >= 0.6 is 12.4 Å². The van der Waals surface area contributed by atoms with Crippen molar-refractivity contribution in [2.24, 2.45) is 5.73 Å². The molecule has 0 atom stereocenters. The van der Waals surface area contributed by atoms with Crippen LogP contribution in [0, 0.1) is 0 Å². The molecule has 2 rings (SSSR count). The molecule has 2 aromatic rings. The van der Waals surface area contributed by atoms with Crippen LogP contribution in [0.2, 0.25) is 0 Å². The molecule has 1 heterocycles. The number of nitrogens with two attached hydrogens (primary N) is 1. The van der Waals surface area contributed by atoms with Crippen LogP contribution in [0.1, 0.15) is 31.2 Å². The van der Waals surface area contributed by atoms with Gasteiger partial charge < -0.3 is 15.6 Å². The molecule has 6 nitrogen and oxygen atoms in total. The lowest BCUT2D eigenvalue weighted by atomic mass is 10.1. The molecule has 0 unspecified atom stereocenters. The lowest BCUT2D eigenvalue weighted by Gasteiger charge is -1.99. The van der Waals surface area contributed by atoms with Gasteiger partial charge in [-0.2, -0.15) is 4.98 Å². The topological polar surface area (TPSA) is 94.0 Å². The summed E-state index contributed by atoms with van der Waals surface area (Å²) in [5.74, 6) is 0.889. The Bertz CT molecular complexity index is 569. The number of hydrogen-bond acceptors (Lipinski definition) is 5. The minimum Gasteiger partial charge on any atom is -0.347 e. The van der Waals surface area contributed by atoms with Gasteiger partial charge in [0.2, 0.25) is 17.6 Å². The van der Waals surface area contributed by atoms with Gasteiger partial charge in [-0.1, -0.05) is 36.3 Å². The molecule has 0 spiro atoms. The molecule has 0 aliphatic carbocycles. The Morgan fingerprint density at radius 2 is 2.05 bits per heavy atom. The van der Waals surface area contributed by atoms with Gasteiger partial charge >= 0.3 is 0 Å². The average Bonchev–Trinajstić information content (AvgIpc) is 2.94. The molecular formula is C14H19ClN4O2. The van der Waals surface area contributed by atoms with Gasteiger partial charge in [0, 0.05) is 18.5 Å². The fraction of sp³-hybridized carbons (Fsp3) is 0.357. The Hall–Kier alpha value is -1.92. The van der Waals surface area contributed by atoms with Crippen molar-refractivity contribution in [2.45, 2.75) is 32.9 Å². The second kappa shape index (κ2) is 8.39. The molecule has 0 bridgehead atoms. The van der Waals surface area contributed by atoms with E-state index in [1.54, 1.807) is 0 Å². The van der Waals surface area contributed by atoms with Crippen LogP contribution in [0.25, 0.3) is 11.4 Å². The summed E-state index contributed by atoms with van der Waals surface area (Å²) < 4.78 is 5.10. The zero-order valence-electron chi connectivity index (χ0n) is 11.8. The molecule has 1 aromatic heterocycles. The molecule has 0 saturated carbocycles. The highest BCUT2D eigenvalue weighted by Crippen LogP contribution is 2.16. The number of carbonyl (C=O) groups is 1. The Balaban J connectivity index is 0.00000220. The largest absolute Gasteiger partial charge is 0.347 e. The Morgan fingerprint density at radius 3 is 2.67 bits per heavy atom. The second-order valence-corrected chi connectivity index (χ2v) is 4.44. The number of hydrogen-bond donors (Lipinski definition) is 2. The molecule has 114 valence electrons. The fourth-order valence-electron chi connectivity index (χ4n) is 1.72. The van der Waals surface area contributed by atoms with Gasteiger partial charge in [0.25, 0.3) is 0 Å². The van der Waals surface area contributed by atoms with Crippen LogP contribution in [0.15, 0.2) is 28.8 Å². The van der Waals surface area contributed by atoms with E-state index >= 15 is 0 Å². The van der Waals surface area contributed by atoms with E-state index in [0.717, 1.165) is 17.5 Å². The number of nitrogens with one attached hydrogen (secondary N) is 1. The van der Waals surface area contributed by atoms with Gasteiger partial charge in [-0.3, -0.25) is 4.79 Å². The number of rotatable bonds is 6. The summed E-state index contributed by atoms with van der Waals surface area (Å²) in [7, 11) is 0. The number of amides is 1. The van der Waals surface area contributed by atoms with Crippen LogP contribution < -0.4 is 11.1 Å². The van der Waals surface area contributed by atoms with Crippen molar-refractivity contribution in [2.75, 3.05) is 0 Å². The molecule has 1 aromatic carbocycles. The smallest absolute Gasteiger partial charge is 0.246 e. The van der Waals surface area contributed by atoms with Crippen LogP contribution in [0.5, 0.6) is 0 Å². The molecule has 0 aliphatic rings. The lowest BCUT2D eigenvalue weighted by molar-refractivity contribution is -0.121. The van der Waals surface area contributed by atoms with E-state index < -0.39 is 0 Å². The predicted molar refractivity (Wildman–Crippen MR) is 81.6 cm³/mol. The van der Waals surface area contributed by atoms with Gasteiger partial charge in [-0.15, -0.1) is 12.4 Å². The molecule has 3 N–H and O–H groups in total. The van der Waals surface area contributed by atoms with E-state index in [-0.39, 0.29) is 24.9 Å². The highest BCUT2D eigenvalue weighted by molar-refractivity contribution is 5.85. The minimum atomic E-state index is -0.0143. The molecule has 0 aliphatic heterocycles. The van der Waals surface area contributed by atoms with Gasteiger partial charge in [-0.05, 0) is 12.0 Å². The van der Waals surface area contributed by atoms with Gasteiger partial charge in [0.05, 0.1) is 6.54 Å². The van der Waals surface area contributed by atoms with Crippen molar-refractivity contribution in [3.05, 3.63) is 35.7 Å². The number of benzene rings is 1. The number of halogens is 1. The first-order valence-electron chi connectivity index (χ1n) is 6.61. The maximum atomic E-state index is 11.4. The van der Waals surface area contributed by atoms with E-state index in [9.17, 15) is 4.79 Å². The van der Waals surface area contributed by atoms with Crippen molar-refractivity contribution in [1.29, 1.82) is 0 Å². The van der Waals surface area contributed by atoms with Crippen molar-refractivity contribution in [3.8, 4) is 11.4 Å². The first kappa shape index (κ1) is 17.1.